The molecule has 4 aromatic carbocycles. The molecule has 7 rings (SSSR count). The van der Waals surface area contributed by atoms with E-state index in [0.717, 1.165) is 47.7 Å². The van der Waals surface area contributed by atoms with E-state index < -0.39 is 5.60 Å². The number of benzene rings is 4. The minimum atomic E-state index is -0.849. The third kappa shape index (κ3) is 3.82. The lowest BCUT2D eigenvalue weighted by molar-refractivity contribution is 0.160. The second-order valence-electron chi connectivity index (χ2n) is 10.7. The molecule has 0 aromatic heterocycles. The number of nitrogens with zero attached hydrogens (tertiary/aromatic N) is 1. The molecule has 39 heavy (non-hydrogen) atoms. The number of rotatable bonds is 5. The Hall–Kier alpha value is -4.12. The van der Waals surface area contributed by atoms with Crippen LogP contribution in [-0.4, -0.2) is 33.4 Å². The second-order valence-corrected chi connectivity index (χ2v) is 10.7. The van der Waals surface area contributed by atoms with Crippen LogP contribution in [0.2, 0.25) is 0 Å². The Kier molecular flexibility index (Phi) is 5.69. The smallest absolute Gasteiger partial charge is 0.178 e. The molecule has 1 fully saturated rings. The molecule has 5 nitrogen and oxygen atoms in total. The summed E-state index contributed by atoms with van der Waals surface area (Å²) >= 11 is 0. The molecule has 3 aliphatic rings. The average Bonchev–Trinajstić information content (AvgIpc) is 3.65. The fourth-order valence-corrected chi connectivity index (χ4v) is 6.44. The van der Waals surface area contributed by atoms with Gasteiger partial charge >= 0.3 is 0 Å². The molecule has 0 radical (unpaired) electrons. The quantitative estimate of drug-likeness (QED) is 0.281. The first-order valence-electron chi connectivity index (χ1n) is 13.8. The van der Waals surface area contributed by atoms with Gasteiger partial charge in [-0.25, -0.2) is 0 Å². The van der Waals surface area contributed by atoms with Crippen molar-refractivity contribution in [3.63, 3.8) is 0 Å². The number of fused-ring (bicyclic) bond motifs is 4. The predicted octanol–water partition coefficient (Wildman–Crippen LogP) is 7.13. The summed E-state index contributed by atoms with van der Waals surface area (Å²) in [5.74, 6) is 3.20. The average molecular weight is 520 g/mol. The van der Waals surface area contributed by atoms with Gasteiger partial charge in [0.05, 0.1) is 14.2 Å². The van der Waals surface area contributed by atoms with Crippen LogP contribution in [0.4, 0.5) is 5.69 Å². The summed E-state index contributed by atoms with van der Waals surface area (Å²) in [4.78, 5) is 2.50. The van der Waals surface area contributed by atoms with Crippen molar-refractivity contribution in [2.75, 3.05) is 32.2 Å². The predicted molar refractivity (Wildman–Crippen MR) is 156 cm³/mol. The van der Waals surface area contributed by atoms with Crippen LogP contribution in [0.25, 0.3) is 16.8 Å². The van der Waals surface area contributed by atoms with Gasteiger partial charge in [0, 0.05) is 53.3 Å². The third-order valence-electron chi connectivity index (χ3n) is 8.37. The Morgan fingerprint density at radius 1 is 0.821 bits per heavy atom. The summed E-state index contributed by atoms with van der Waals surface area (Å²) in [5.41, 5.74) is 4.75. The zero-order chi connectivity index (χ0) is 26.6. The summed E-state index contributed by atoms with van der Waals surface area (Å²) in [7, 11) is 3.33. The van der Waals surface area contributed by atoms with E-state index in [1.807, 2.05) is 12.1 Å². The van der Waals surface area contributed by atoms with Crippen molar-refractivity contribution in [1.82, 2.24) is 0 Å². The fraction of sp³-hybridized carbons (Fsp3) is 0.294. The van der Waals surface area contributed by atoms with E-state index in [-0.39, 0.29) is 6.10 Å². The van der Waals surface area contributed by atoms with Crippen molar-refractivity contribution >= 4 is 22.5 Å². The number of hydrogen-bond acceptors (Lipinski definition) is 5. The molecule has 0 saturated carbocycles. The van der Waals surface area contributed by atoms with Crippen molar-refractivity contribution in [1.29, 1.82) is 0 Å². The SMILES string of the molecule is COc1ccc(C2(c3ccc4c(c3)CC(C)O4)C=Cc3c(cc(N4CCCC4)c4ccccc34)O2)cc1OC. The van der Waals surface area contributed by atoms with Crippen LogP contribution in [0.1, 0.15) is 42.0 Å². The second kappa shape index (κ2) is 9.26. The lowest BCUT2D eigenvalue weighted by atomic mass is 9.82. The Morgan fingerprint density at radius 3 is 2.36 bits per heavy atom. The molecule has 3 aliphatic heterocycles. The highest BCUT2D eigenvalue weighted by Crippen LogP contribution is 2.49. The molecule has 3 heterocycles. The molecule has 0 bridgehead atoms. The summed E-state index contributed by atoms with van der Waals surface area (Å²) < 4.78 is 24.5. The van der Waals surface area contributed by atoms with Gasteiger partial charge in [0.15, 0.2) is 17.1 Å². The van der Waals surface area contributed by atoms with Gasteiger partial charge in [-0.2, -0.15) is 0 Å². The maximum absolute atomic E-state index is 7.21. The van der Waals surface area contributed by atoms with Crippen molar-refractivity contribution in [2.45, 2.75) is 37.9 Å². The number of methoxy groups -OCH3 is 2. The summed E-state index contributed by atoms with van der Waals surface area (Å²) in [5, 5.41) is 2.49. The van der Waals surface area contributed by atoms with Gasteiger partial charge in [-0.3, -0.25) is 0 Å². The number of hydrogen-bond donors (Lipinski definition) is 0. The maximum atomic E-state index is 7.21. The zero-order valence-corrected chi connectivity index (χ0v) is 22.7. The van der Waals surface area contributed by atoms with E-state index in [4.69, 9.17) is 18.9 Å². The van der Waals surface area contributed by atoms with Gasteiger partial charge in [0.1, 0.15) is 17.6 Å². The first-order chi connectivity index (χ1) is 19.1. The fourth-order valence-electron chi connectivity index (χ4n) is 6.44. The van der Waals surface area contributed by atoms with Crippen LogP contribution in [-0.2, 0) is 12.0 Å². The van der Waals surface area contributed by atoms with Gasteiger partial charge in [-0.1, -0.05) is 36.4 Å². The highest BCUT2D eigenvalue weighted by molar-refractivity contribution is 6.02. The monoisotopic (exact) mass is 519 g/mol. The van der Waals surface area contributed by atoms with E-state index >= 15 is 0 Å². The molecule has 0 amide bonds. The molecule has 4 aromatic rings. The van der Waals surface area contributed by atoms with Gasteiger partial charge in [0.25, 0.3) is 0 Å². The van der Waals surface area contributed by atoms with Gasteiger partial charge in [0.2, 0.25) is 0 Å². The minimum absolute atomic E-state index is 0.171. The molecule has 0 aliphatic carbocycles. The highest BCUT2D eigenvalue weighted by atomic mass is 16.5. The molecule has 2 atom stereocenters. The van der Waals surface area contributed by atoms with Crippen LogP contribution in [0, 0.1) is 0 Å². The van der Waals surface area contributed by atoms with Crippen molar-refractivity contribution in [3.05, 3.63) is 95.1 Å². The Balaban J connectivity index is 1.44. The number of ether oxygens (including phenoxy) is 4. The number of anilines is 1. The lowest BCUT2D eigenvalue weighted by Gasteiger charge is -2.37. The first-order valence-corrected chi connectivity index (χ1v) is 13.8. The lowest BCUT2D eigenvalue weighted by Crippen LogP contribution is -2.34. The van der Waals surface area contributed by atoms with E-state index in [9.17, 15) is 0 Å². The van der Waals surface area contributed by atoms with Crippen molar-refractivity contribution in [2.24, 2.45) is 0 Å². The summed E-state index contributed by atoms with van der Waals surface area (Å²) in [6.07, 6.45) is 7.92. The van der Waals surface area contributed by atoms with Crippen LogP contribution in [0.3, 0.4) is 0 Å². The van der Waals surface area contributed by atoms with Gasteiger partial charge in [-0.15, -0.1) is 0 Å². The molecule has 0 spiro atoms. The normalized spacial score (nSPS) is 21.3. The third-order valence-corrected chi connectivity index (χ3v) is 8.37. The molecule has 0 N–H and O–H groups in total. The van der Waals surface area contributed by atoms with Crippen LogP contribution in [0.5, 0.6) is 23.0 Å². The molecule has 5 heteroatoms. The Morgan fingerprint density at radius 2 is 1.56 bits per heavy atom. The Labute approximate surface area is 229 Å². The van der Waals surface area contributed by atoms with Crippen LogP contribution >= 0.6 is 0 Å². The van der Waals surface area contributed by atoms with E-state index in [1.54, 1.807) is 14.2 Å². The van der Waals surface area contributed by atoms with E-state index in [1.165, 1.54) is 34.9 Å². The summed E-state index contributed by atoms with van der Waals surface area (Å²) in [6.45, 7) is 4.26. The molecule has 1 saturated heterocycles. The molecule has 2 unspecified atom stereocenters. The zero-order valence-electron chi connectivity index (χ0n) is 22.7. The molecule has 198 valence electrons. The standard InChI is InChI=1S/C34H33NO4/c1-22-18-23-19-24(10-12-30(23)38-22)34(25-11-13-31(36-2)33(20-25)37-3)15-14-28-26-8-4-5-9-27(26)29(21-32(28)39-34)35-16-6-7-17-35/h4-5,8-15,19-22H,6-7,16-18H2,1-3H3. The highest BCUT2D eigenvalue weighted by Gasteiger charge is 2.39. The van der Waals surface area contributed by atoms with Gasteiger partial charge in [-0.05, 0) is 67.1 Å². The van der Waals surface area contributed by atoms with Crippen molar-refractivity contribution < 1.29 is 18.9 Å². The van der Waals surface area contributed by atoms with Gasteiger partial charge < -0.3 is 23.8 Å². The molecular weight excluding hydrogens is 486 g/mol. The Bertz CT molecular complexity index is 1600. The summed E-state index contributed by atoms with van der Waals surface area (Å²) in [6, 6.07) is 23.4. The first kappa shape index (κ1) is 24.0. The minimum Gasteiger partial charge on any atom is -0.493 e. The topological polar surface area (TPSA) is 40.2 Å². The maximum Gasteiger partial charge on any atom is 0.178 e. The largest absolute Gasteiger partial charge is 0.493 e. The molecular formula is C34H33NO4. The van der Waals surface area contributed by atoms with Crippen molar-refractivity contribution in [3.8, 4) is 23.0 Å². The van der Waals surface area contributed by atoms with Crippen LogP contribution in [0.15, 0.2) is 72.8 Å². The van der Waals surface area contributed by atoms with E-state index in [0.29, 0.717) is 11.5 Å². The van der Waals surface area contributed by atoms with Crippen LogP contribution < -0.4 is 23.8 Å². The van der Waals surface area contributed by atoms with E-state index in [2.05, 4.69) is 78.6 Å².